The summed E-state index contributed by atoms with van der Waals surface area (Å²) >= 11 is 0. The number of anilines is 1. The summed E-state index contributed by atoms with van der Waals surface area (Å²) in [6.07, 6.45) is 0.847. The molecule has 1 aromatic rings. The highest BCUT2D eigenvalue weighted by Gasteiger charge is 1.97. The van der Waals surface area contributed by atoms with Crippen LogP contribution in [0.5, 0.6) is 0 Å². The summed E-state index contributed by atoms with van der Waals surface area (Å²) in [6.45, 7) is 4.40. The maximum Gasteiger partial charge on any atom is 0.150 e. The molecule has 0 heterocycles. The van der Waals surface area contributed by atoms with Crippen LogP contribution in [-0.2, 0) is 4.84 Å². The van der Waals surface area contributed by atoms with Crippen LogP contribution in [0.4, 0.5) is 5.69 Å². The van der Waals surface area contributed by atoms with Crippen LogP contribution in [0.15, 0.2) is 18.2 Å². The Bertz CT molecular complexity index is 297. The van der Waals surface area contributed by atoms with Crippen molar-refractivity contribution < 1.29 is 9.63 Å². The fourth-order valence-corrected chi connectivity index (χ4v) is 1.03. The largest absolute Gasteiger partial charge is 0.298 e. The minimum absolute atomic E-state index is 0.606. The number of benzene rings is 1. The first-order valence-corrected chi connectivity index (χ1v) is 4.21. The fourth-order valence-electron chi connectivity index (χ4n) is 1.03. The highest BCUT2D eigenvalue weighted by Crippen LogP contribution is 2.13. The third kappa shape index (κ3) is 2.56. The lowest BCUT2D eigenvalue weighted by molar-refractivity contribution is 0.112. The molecule has 3 nitrogen and oxygen atoms in total. The molecular weight excluding hydrogens is 166 g/mol. The molecule has 0 spiro atoms. The van der Waals surface area contributed by atoms with E-state index in [4.69, 9.17) is 4.84 Å². The normalized spacial score (nSPS) is 9.69. The molecule has 0 aliphatic heterocycles. The Hall–Kier alpha value is -1.35. The van der Waals surface area contributed by atoms with E-state index >= 15 is 0 Å². The third-order valence-corrected chi connectivity index (χ3v) is 1.73. The van der Waals surface area contributed by atoms with Crippen LogP contribution in [-0.4, -0.2) is 12.9 Å². The average Bonchev–Trinajstić information content (AvgIpc) is 2.15. The molecule has 0 fully saturated rings. The second-order valence-corrected chi connectivity index (χ2v) is 2.72. The maximum absolute atomic E-state index is 10.5. The Balaban J connectivity index is 2.77. The van der Waals surface area contributed by atoms with Gasteiger partial charge in [0.15, 0.2) is 0 Å². The van der Waals surface area contributed by atoms with Gasteiger partial charge < -0.3 is 0 Å². The molecule has 0 saturated carbocycles. The number of aldehydes is 1. The quantitative estimate of drug-likeness (QED) is 0.568. The van der Waals surface area contributed by atoms with Gasteiger partial charge in [0, 0.05) is 5.56 Å². The smallest absolute Gasteiger partial charge is 0.150 e. The number of aryl methyl sites for hydroxylation is 1. The summed E-state index contributed by atoms with van der Waals surface area (Å²) < 4.78 is 0. The van der Waals surface area contributed by atoms with Crippen LogP contribution < -0.4 is 5.48 Å². The van der Waals surface area contributed by atoms with Crippen LogP contribution in [0.25, 0.3) is 0 Å². The zero-order chi connectivity index (χ0) is 9.68. The summed E-state index contributed by atoms with van der Waals surface area (Å²) in [6, 6.07) is 5.45. The topological polar surface area (TPSA) is 38.3 Å². The molecule has 0 radical (unpaired) electrons. The molecule has 0 aliphatic carbocycles. The Morgan fingerprint density at radius 2 is 2.31 bits per heavy atom. The van der Waals surface area contributed by atoms with Gasteiger partial charge in [-0.05, 0) is 37.6 Å². The first-order valence-electron chi connectivity index (χ1n) is 4.21. The van der Waals surface area contributed by atoms with Crippen molar-refractivity contribution in [1.29, 1.82) is 0 Å². The van der Waals surface area contributed by atoms with Gasteiger partial charge in [0.05, 0.1) is 12.3 Å². The van der Waals surface area contributed by atoms with E-state index in [0.717, 1.165) is 17.5 Å². The van der Waals surface area contributed by atoms with Gasteiger partial charge in [-0.2, -0.15) is 0 Å². The van der Waals surface area contributed by atoms with Crippen molar-refractivity contribution in [3.8, 4) is 0 Å². The lowest BCUT2D eigenvalue weighted by Gasteiger charge is -2.06. The van der Waals surface area contributed by atoms with Gasteiger partial charge in [0.2, 0.25) is 0 Å². The van der Waals surface area contributed by atoms with E-state index in [1.54, 1.807) is 6.07 Å². The summed E-state index contributed by atoms with van der Waals surface area (Å²) in [7, 11) is 0. The van der Waals surface area contributed by atoms with Crippen molar-refractivity contribution in [2.75, 3.05) is 12.1 Å². The molecule has 3 heteroatoms. The second-order valence-electron chi connectivity index (χ2n) is 2.72. The van der Waals surface area contributed by atoms with Crippen LogP contribution in [0.2, 0.25) is 0 Å². The number of nitrogens with one attached hydrogen (secondary N) is 1. The molecule has 0 unspecified atom stereocenters. The van der Waals surface area contributed by atoms with E-state index in [-0.39, 0.29) is 0 Å². The van der Waals surface area contributed by atoms with E-state index in [1.807, 2.05) is 26.0 Å². The van der Waals surface area contributed by atoms with Gasteiger partial charge in [-0.3, -0.25) is 15.1 Å². The predicted molar refractivity (Wildman–Crippen MR) is 51.8 cm³/mol. The second kappa shape index (κ2) is 4.62. The minimum atomic E-state index is 0.606. The van der Waals surface area contributed by atoms with Gasteiger partial charge in [-0.15, -0.1) is 0 Å². The molecule has 1 aromatic carbocycles. The Morgan fingerprint density at radius 1 is 1.54 bits per heavy atom. The first-order chi connectivity index (χ1) is 6.27. The van der Waals surface area contributed by atoms with Crippen molar-refractivity contribution in [3.05, 3.63) is 29.3 Å². The minimum Gasteiger partial charge on any atom is -0.298 e. The SMILES string of the molecule is CCONc1ccc(C=O)c(C)c1. The van der Waals surface area contributed by atoms with Crippen molar-refractivity contribution in [1.82, 2.24) is 0 Å². The molecule has 0 aliphatic rings. The van der Waals surface area contributed by atoms with Gasteiger partial charge >= 0.3 is 0 Å². The van der Waals surface area contributed by atoms with Crippen molar-refractivity contribution >= 4 is 12.0 Å². The van der Waals surface area contributed by atoms with Crippen molar-refractivity contribution in [3.63, 3.8) is 0 Å². The summed E-state index contributed by atoms with van der Waals surface area (Å²) in [5.74, 6) is 0. The van der Waals surface area contributed by atoms with E-state index < -0.39 is 0 Å². The molecule has 0 bridgehead atoms. The molecule has 0 saturated heterocycles. The van der Waals surface area contributed by atoms with Gasteiger partial charge in [0.1, 0.15) is 6.29 Å². The first kappa shape index (κ1) is 9.74. The third-order valence-electron chi connectivity index (χ3n) is 1.73. The van der Waals surface area contributed by atoms with E-state index in [9.17, 15) is 4.79 Å². The lowest BCUT2D eigenvalue weighted by atomic mass is 10.1. The van der Waals surface area contributed by atoms with E-state index in [2.05, 4.69) is 5.48 Å². The van der Waals surface area contributed by atoms with E-state index in [0.29, 0.717) is 12.2 Å². The number of carbonyl (C=O) groups excluding carboxylic acids is 1. The highest BCUT2D eigenvalue weighted by atomic mass is 16.6. The van der Waals surface area contributed by atoms with Crippen molar-refractivity contribution in [2.24, 2.45) is 0 Å². The number of hydrogen-bond donors (Lipinski definition) is 1. The maximum atomic E-state index is 10.5. The van der Waals surface area contributed by atoms with Gasteiger partial charge in [0.25, 0.3) is 0 Å². The predicted octanol–water partition coefficient (Wildman–Crippen LogP) is 2.17. The molecule has 0 atom stereocenters. The monoisotopic (exact) mass is 179 g/mol. The Labute approximate surface area is 77.7 Å². The van der Waals surface area contributed by atoms with Gasteiger partial charge in [-0.25, -0.2) is 0 Å². The molecule has 0 aromatic heterocycles. The summed E-state index contributed by atoms with van der Waals surface area (Å²) in [5, 5.41) is 0. The lowest BCUT2D eigenvalue weighted by Crippen LogP contribution is -2.00. The summed E-state index contributed by atoms with van der Waals surface area (Å²) in [4.78, 5) is 15.5. The molecule has 1 rings (SSSR count). The number of hydrogen-bond acceptors (Lipinski definition) is 3. The van der Waals surface area contributed by atoms with Crippen LogP contribution >= 0.6 is 0 Å². The Morgan fingerprint density at radius 3 is 2.85 bits per heavy atom. The highest BCUT2D eigenvalue weighted by molar-refractivity contribution is 5.78. The molecule has 70 valence electrons. The summed E-state index contributed by atoms with van der Waals surface area (Å²) in [5.41, 5.74) is 5.29. The fraction of sp³-hybridized carbons (Fsp3) is 0.300. The number of rotatable bonds is 4. The zero-order valence-corrected chi connectivity index (χ0v) is 7.83. The average molecular weight is 179 g/mol. The van der Waals surface area contributed by atoms with Crippen LogP contribution in [0.1, 0.15) is 22.8 Å². The van der Waals surface area contributed by atoms with Gasteiger partial charge in [-0.1, -0.05) is 0 Å². The van der Waals surface area contributed by atoms with Crippen molar-refractivity contribution in [2.45, 2.75) is 13.8 Å². The standard InChI is InChI=1S/C10H13NO2/c1-3-13-11-10-5-4-9(7-12)8(2)6-10/h4-7,11H,3H2,1-2H3. The van der Waals surface area contributed by atoms with E-state index in [1.165, 1.54) is 0 Å². The Kier molecular flexibility index (Phi) is 3.46. The zero-order valence-electron chi connectivity index (χ0n) is 7.83. The molecule has 13 heavy (non-hydrogen) atoms. The molecular formula is C10H13NO2. The molecule has 1 N–H and O–H groups in total. The number of carbonyl (C=O) groups is 1. The molecule has 0 amide bonds. The van der Waals surface area contributed by atoms with Crippen LogP contribution in [0, 0.1) is 6.92 Å². The van der Waals surface area contributed by atoms with Crippen LogP contribution in [0.3, 0.4) is 0 Å².